The Bertz CT molecular complexity index is 627. The number of rotatable bonds is 3. The van der Waals surface area contributed by atoms with E-state index in [1.54, 1.807) is 36.4 Å². The fraction of sp³-hybridized carbons (Fsp3) is 0.0667. The van der Waals surface area contributed by atoms with Crippen molar-refractivity contribution in [3.05, 3.63) is 59.7 Å². The van der Waals surface area contributed by atoms with E-state index in [1.165, 1.54) is 0 Å². The third-order valence-corrected chi connectivity index (χ3v) is 2.61. The predicted octanol–water partition coefficient (Wildman–Crippen LogP) is 2.32. The van der Waals surface area contributed by atoms with Gasteiger partial charge in [0, 0.05) is 11.4 Å². The average molecular weight is 251 g/mol. The molecule has 94 valence electrons. The fourth-order valence-electron chi connectivity index (χ4n) is 1.72. The van der Waals surface area contributed by atoms with Crippen molar-refractivity contribution in [2.75, 3.05) is 11.1 Å². The molecule has 0 saturated heterocycles. The molecule has 0 fully saturated rings. The van der Waals surface area contributed by atoms with Crippen molar-refractivity contribution >= 4 is 17.3 Å². The average Bonchev–Trinajstić information content (AvgIpc) is 2.39. The van der Waals surface area contributed by atoms with Gasteiger partial charge in [-0.05, 0) is 42.0 Å². The molecule has 0 radical (unpaired) electrons. The highest BCUT2D eigenvalue weighted by molar-refractivity contribution is 5.92. The summed E-state index contributed by atoms with van der Waals surface area (Å²) in [6.45, 7) is 0. The van der Waals surface area contributed by atoms with Crippen LogP contribution in [0, 0.1) is 11.3 Å². The van der Waals surface area contributed by atoms with Crippen LogP contribution in [0.5, 0.6) is 0 Å². The topological polar surface area (TPSA) is 78.9 Å². The van der Waals surface area contributed by atoms with Crippen LogP contribution in [0.15, 0.2) is 48.5 Å². The van der Waals surface area contributed by atoms with E-state index in [0.717, 1.165) is 5.56 Å². The number of anilines is 2. The fourth-order valence-corrected chi connectivity index (χ4v) is 1.72. The zero-order valence-electron chi connectivity index (χ0n) is 10.3. The molecule has 2 aromatic carbocycles. The van der Waals surface area contributed by atoms with Gasteiger partial charge in [-0.3, -0.25) is 4.79 Å². The van der Waals surface area contributed by atoms with Crippen molar-refractivity contribution in [2.45, 2.75) is 6.42 Å². The van der Waals surface area contributed by atoms with Crippen LogP contribution in [0.2, 0.25) is 0 Å². The molecule has 0 spiro atoms. The Morgan fingerprint density at radius 2 is 1.95 bits per heavy atom. The number of nitrogens with zero attached hydrogens (tertiary/aromatic N) is 1. The van der Waals surface area contributed by atoms with Gasteiger partial charge < -0.3 is 11.1 Å². The van der Waals surface area contributed by atoms with Gasteiger partial charge in [-0.2, -0.15) is 5.26 Å². The molecule has 0 aromatic heterocycles. The first-order valence-electron chi connectivity index (χ1n) is 5.82. The van der Waals surface area contributed by atoms with Gasteiger partial charge in [-0.1, -0.05) is 12.1 Å². The highest BCUT2D eigenvalue weighted by Gasteiger charge is 2.04. The molecule has 19 heavy (non-hydrogen) atoms. The summed E-state index contributed by atoms with van der Waals surface area (Å²) in [5, 5.41) is 11.5. The normalized spacial score (nSPS) is 9.63. The van der Waals surface area contributed by atoms with Crippen LogP contribution in [0.1, 0.15) is 11.1 Å². The van der Waals surface area contributed by atoms with E-state index in [9.17, 15) is 4.79 Å². The van der Waals surface area contributed by atoms with E-state index in [4.69, 9.17) is 11.0 Å². The lowest BCUT2D eigenvalue weighted by Crippen LogP contribution is -2.14. The number of nitriles is 1. The van der Waals surface area contributed by atoms with Gasteiger partial charge >= 0.3 is 0 Å². The largest absolute Gasteiger partial charge is 0.399 e. The van der Waals surface area contributed by atoms with Gasteiger partial charge in [0.2, 0.25) is 5.91 Å². The lowest BCUT2D eigenvalue weighted by Gasteiger charge is -2.05. The molecule has 4 heteroatoms. The molecule has 0 atom stereocenters. The highest BCUT2D eigenvalue weighted by atomic mass is 16.1. The molecule has 3 N–H and O–H groups in total. The SMILES string of the molecule is N#Cc1ccc(NC(=O)Cc2cccc(N)c2)cc1. The Morgan fingerprint density at radius 3 is 2.58 bits per heavy atom. The second-order valence-electron chi connectivity index (χ2n) is 4.16. The Kier molecular flexibility index (Phi) is 3.79. The predicted molar refractivity (Wildman–Crippen MR) is 74.3 cm³/mol. The Morgan fingerprint density at radius 1 is 1.21 bits per heavy atom. The number of carbonyl (C=O) groups is 1. The maximum absolute atomic E-state index is 11.8. The third kappa shape index (κ3) is 3.58. The number of hydrogen-bond donors (Lipinski definition) is 2. The van der Waals surface area contributed by atoms with Crippen LogP contribution in [0.3, 0.4) is 0 Å². The summed E-state index contributed by atoms with van der Waals surface area (Å²) in [4.78, 5) is 11.8. The van der Waals surface area contributed by atoms with Gasteiger partial charge in [0.1, 0.15) is 0 Å². The molecule has 0 unspecified atom stereocenters. The van der Waals surface area contributed by atoms with E-state index in [-0.39, 0.29) is 12.3 Å². The van der Waals surface area contributed by atoms with Gasteiger partial charge in [0.05, 0.1) is 18.1 Å². The van der Waals surface area contributed by atoms with Crippen molar-refractivity contribution in [2.24, 2.45) is 0 Å². The molecule has 0 aliphatic rings. The molecular formula is C15H13N3O. The van der Waals surface area contributed by atoms with Gasteiger partial charge in [-0.25, -0.2) is 0 Å². The van der Waals surface area contributed by atoms with E-state index in [1.807, 2.05) is 18.2 Å². The molecule has 0 bridgehead atoms. The van der Waals surface area contributed by atoms with Crippen LogP contribution < -0.4 is 11.1 Å². The number of nitrogen functional groups attached to an aromatic ring is 1. The van der Waals surface area contributed by atoms with Crippen LogP contribution in [-0.2, 0) is 11.2 Å². The summed E-state index contributed by atoms with van der Waals surface area (Å²) >= 11 is 0. The van der Waals surface area contributed by atoms with E-state index >= 15 is 0 Å². The second-order valence-corrected chi connectivity index (χ2v) is 4.16. The van der Waals surface area contributed by atoms with E-state index in [2.05, 4.69) is 5.32 Å². The second kappa shape index (κ2) is 5.69. The number of hydrogen-bond acceptors (Lipinski definition) is 3. The summed E-state index contributed by atoms with van der Waals surface area (Å²) in [5.74, 6) is -0.115. The van der Waals surface area contributed by atoms with Crippen LogP contribution in [0.25, 0.3) is 0 Å². The molecule has 0 heterocycles. The first-order valence-corrected chi connectivity index (χ1v) is 5.82. The summed E-state index contributed by atoms with van der Waals surface area (Å²) in [6, 6.07) is 16.0. The van der Waals surface area contributed by atoms with Crippen molar-refractivity contribution in [3.63, 3.8) is 0 Å². The maximum Gasteiger partial charge on any atom is 0.228 e. The Hall–Kier alpha value is -2.80. The van der Waals surface area contributed by atoms with Crippen LogP contribution >= 0.6 is 0 Å². The number of carbonyl (C=O) groups excluding carboxylic acids is 1. The van der Waals surface area contributed by atoms with Crippen LogP contribution in [-0.4, -0.2) is 5.91 Å². The summed E-state index contributed by atoms with van der Waals surface area (Å²) < 4.78 is 0. The molecule has 2 aromatic rings. The highest BCUT2D eigenvalue weighted by Crippen LogP contribution is 2.11. The van der Waals surface area contributed by atoms with Gasteiger partial charge in [0.25, 0.3) is 0 Å². The molecule has 1 amide bonds. The molecule has 2 rings (SSSR count). The van der Waals surface area contributed by atoms with Crippen molar-refractivity contribution < 1.29 is 4.79 Å². The standard InChI is InChI=1S/C15H13N3O/c16-10-11-4-6-14(7-5-11)18-15(19)9-12-2-1-3-13(17)8-12/h1-8H,9,17H2,(H,18,19). The van der Waals surface area contributed by atoms with Crippen molar-refractivity contribution in [1.29, 1.82) is 5.26 Å². The van der Waals surface area contributed by atoms with Gasteiger partial charge in [0.15, 0.2) is 0 Å². The van der Waals surface area contributed by atoms with Crippen LogP contribution in [0.4, 0.5) is 11.4 Å². The van der Waals surface area contributed by atoms with Gasteiger partial charge in [-0.15, -0.1) is 0 Å². The minimum absolute atomic E-state index is 0.115. The smallest absolute Gasteiger partial charge is 0.228 e. The molecular weight excluding hydrogens is 238 g/mol. The lowest BCUT2D eigenvalue weighted by molar-refractivity contribution is -0.115. The quantitative estimate of drug-likeness (QED) is 0.821. The molecule has 4 nitrogen and oxygen atoms in total. The molecule has 0 aliphatic carbocycles. The molecule has 0 aliphatic heterocycles. The zero-order valence-corrected chi connectivity index (χ0v) is 10.3. The van der Waals surface area contributed by atoms with Crippen molar-refractivity contribution in [1.82, 2.24) is 0 Å². The van der Waals surface area contributed by atoms with Crippen molar-refractivity contribution in [3.8, 4) is 6.07 Å². The Labute approximate surface area is 111 Å². The van der Waals surface area contributed by atoms with E-state index in [0.29, 0.717) is 16.9 Å². The summed E-state index contributed by atoms with van der Waals surface area (Å²) in [6.07, 6.45) is 0.269. The lowest BCUT2D eigenvalue weighted by atomic mass is 10.1. The maximum atomic E-state index is 11.8. The summed E-state index contributed by atoms with van der Waals surface area (Å²) in [5.41, 5.74) is 8.40. The minimum atomic E-state index is -0.115. The van der Waals surface area contributed by atoms with E-state index < -0.39 is 0 Å². The number of nitrogens with one attached hydrogen (secondary N) is 1. The zero-order chi connectivity index (χ0) is 13.7. The third-order valence-electron chi connectivity index (χ3n) is 2.61. The molecule has 0 saturated carbocycles. The number of nitrogens with two attached hydrogens (primary N) is 1. The number of benzene rings is 2. The first kappa shape index (κ1) is 12.7. The number of amides is 1. The minimum Gasteiger partial charge on any atom is -0.399 e. The first-order chi connectivity index (χ1) is 9.17. The monoisotopic (exact) mass is 251 g/mol. The summed E-state index contributed by atoms with van der Waals surface area (Å²) in [7, 11) is 0. The Balaban J connectivity index is 1.99.